The molecule has 0 bridgehead atoms. The highest BCUT2D eigenvalue weighted by Crippen LogP contribution is 2.36. The Morgan fingerprint density at radius 3 is 2.82 bits per heavy atom. The van der Waals surface area contributed by atoms with E-state index in [0.29, 0.717) is 17.1 Å². The van der Waals surface area contributed by atoms with Crippen LogP contribution >= 0.6 is 0 Å². The van der Waals surface area contributed by atoms with E-state index in [2.05, 4.69) is 5.10 Å². The Bertz CT molecular complexity index is 860. The normalized spacial score (nSPS) is 14.4. The lowest BCUT2D eigenvalue weighted by atomic mass is 10.2. The second-order valence-electron chi connectivity index (χ2n) is 5.47. The standard InChI is InChI=1S/C16H14FN3O2/c17-12-4-1-3-11(9-12)10-19-16(21)20(13-6-7-13)15(18-19)14-5-2-8-22-14/h1-5,8-9,13H,6-7,10H2. The predicted octanol–water partition coefficient (Wildman–Crippen LogP) is 2.83. The monoisotopic (exact) mass is 299 g/mol. The van der Waals surface area contributed by atoms with Crippen molar-refractivity contribution in [3.05, 3.63) is 64.5 Å². The molecular weight excluding hydrogens is 285 g/mol. The van der Waals surface area contributed by atoms with Gasteiger partial charge in [-0.25, -0.2) is 13.9 Å². The van der Waals surface area contributed by atoms with Crippen molar-refractivity contribution in [1.29, 1.82) is 0 Å². The Hall–Kier alpha value is -2.63. The molecule has 0 atom stereocenters. The molecule has 3 aromatic rings. The highest BCUT2D eigenvalue weighted by Gasteiger charge is 2.31. The van der Waals surface area contributed by atoms with E-state index in [1.807, 2.05) is 0 Å². The first-order valence-electron chi connectivity index (χ1n) is 7.20. The molecule has 0 saturated heterocycles. The van der Waals surface area contributed by atoms with E-state index in [4.69, 9.17) is 4.42 Å². The van der Waals surface area contributed by atoms with Crippen molar-refractivity contribution in [3.63, 3.8) is 0 Å². The maximum absolute atomic E-state index is 13.3. The summed E-state index contributed by atoms with van der Waals surface area (Å²) in [6, 6.07) is 9.93. The van der Waals surface area contributed by atoms with Crippen LogP contribution in [0.2, 0.25) is 0 Å². The Balaban J connectivity index is 1.77. The molecule has 1 aromatic carbocycles. The van der Waals surface area contributed by atoms with Gasteiger partial charge in [-0.1, -0.05) is 12.1 Å². The molecule has 1 saturated carbocycles. The summed E-state index contributed by atoms with van der Waals surface area (Å²) >= 11 is 0. The number of benzene rings is 1. The van der Waals surface area contributed by atoms with Crippen LogP contribution in [0.1, 0.15) is 24.4 Å². The number of rotatable bonds is 4. The fourth-order valence-corrected chi connectivity index (χ4v) is 2.57. The zero-order chi connectivity index (χ0) is 15.1. The minimum atomic E-state index is -0.321. The van der Waals surface area contributed by atoms with E-state index >= 15 is 0 Å². The molecule has 0 radical (unpaired) electrons. The molecule has 0 aliphatic heterocycles. The minimum absolute atomic E-state index is 0.182. The van der Waals surface area contributed by atoms with Crippen molar-refractivity contribution in [1.82, 2.24) is 14.3 Å². The SMILES string of the molecule is O=c1n(Cc2cccc(F)c2)nc(-c2ccco2)n1C1CC1. The summed E-state index contributed by atoms with van der Waals surface area (Å²) in [6.07, 6.45) is 3.50. The molecule has 0 amide bonds. The summed E-state index contributed by atoms with van der Waals surface area (Å²) in [5, 5.41) is 4.39. The molecular formula is C16H14FN3O2. The molecule has 6 heteroatoms. The molecule has 0 N–H and O–H groups in total. The lowest BCUT2D eigenvalue weighted by Gasteiger charge is -2.00. The van der Waals surface area contributed by atoms with E-state index in [1.54, 1.807) is 35.1 Å². The van der Waals surface area contributed by atoms with E-state index in [1.165, 1.54) is 16.8 Å². The van der Waals surface area contributed by atoms with Gasteiger partial charge in [0, 0.05) is 6.04 Å². The van der Waals surface area contributed by atoms with Gasteiger partial charge in [-0.2, -0.15) is 0 Å². The smallest absolute Gasteiger partial charge is 0.346 e. The van der Waals surface area contributed by atoms with Crippen molar-refractivity contribution in [2.24, 2.45) is 0 Å². The number of hydrogen-bond acceptors (Lipinski definition) is 3. The molecule has 0 unspecified atom stereocenters. The molecule has 1 aliphatic rings. The van der Waals surface area contributed by atoms with Gasteiger partial charge in [-0.3, -0.25) is 4.57 Å². The Morgan fingerprint density at radius 1 is 1.27 bits per heavy atom. The van der Waals surface area contributed by atoms with Crippen LogP contribution in [-0.4, -0.2) is 14.3 Å². The van der Waals surface area contributed by atoms with Gasteiger partial charge in [0.25, 0.3) is 0 Å². The topological polar surface area (TPSA) is 53.0 Å². The van der Waals surface area contributed by atoms with Crippen LogP contribution in [0.4, 0.5) is 4.39 Å². The molecule has 2 aromatic heterocycles. The third kappa shape index (κ3) is 2.26. The van der Waals surface area contributed by atoms with Crippen LogP contribution < -0.4 is 5.69 Å². The summed E-state index contributed by atoms with van der Waals surface area (Å²) in [5.74, 6) is 0.786. The second kappa shape index (κ2) is 4.98. The van der Waals surface area contributed by atoms with Crippen molar-refractivity contribution in [2.45, 2.75) is 25.4 Å². The predicted molar refractivity (Wildman–Crippen MR) is 78.0 cm³/mol. The van der Waals surface area contributed by atoms with Gasteiger partial charge in [-0.05, 0) is 42.7 Å². The highest BCUT2D eigenvalue weighted by molar-refractivity contribution is 5.46. The Kier molecular flexibility index (Phi) is 2.96. The van der Waals surface area contributed by atoms with E-state index < -0.39 is 0 Å². The third-order valence-corrected chi connectivity index (χ3v) is 3.75. The van der Waals surface area contributed by atoms with Crippen LogP contribution in [-0.2, 0) is 6.54 Å². The summed E-state index contributed by atoms with van der Waals surface area (Å²) in [4.78, 5) is 12.6. The van der Waals surface area contributed by atoms with Crippen molar-refractivity contribution < 1.29 is 8.81 Å². The molecule has 112 valence electrons. The fourth-order valence-electron chi connectivity index (χ4n) is 2.57. The van der Waals surface area contributed by atoms with Crippen molar-refractivity contribution in [3.8, 4) is 11.6 Å². The number of hydrogen-bond donors (Lipinski definition) is 0. The molecule has 22 heavy (non-hydrogen) atoms. The first-order chi connectivity index (χ1) is 10.7. The van der Waals surface area contributed by atoms with Crippen molar-refractivity contribution in [2.75, 3.05) is 0 Å². The van der Waals surface area contributed by atoms with Crippen LogP contribution in [0.5, 0.6) is 0 Å². The zero-order valence-electron chi connectivity index (χ0n) is 11.8. The lowest BCUT2D eigenvalue weighted by Crippen LogP contribution is -2.25. The second-order valence-corrected chi connectivity index (χ2v) is 5.47. The Labute approximate surface area is 125 Å². The minimum Gasteiger partial charge on any atom is -0.461 e. The first kappa shape index (κ1) is 13.1. The van der Waals surface area contributed by atoms with Gasteiger partial charge in [-0.15, -0.1) is 5.10 Å². The molecule has 0 spiro atoms. The van der Waals surface area contributed by atoms with Gasteiger partial charge in [0.15, 0.2) is 5.76 Å². The summed E-state index contributed by atoms with van der Waals surface area (Å²) < 4.78 is 21.7. The van der Waals surface area contributed by atoms with Gasteiger partial charge >= 0.3 is 5.69 Å². The number of furan rings is 1. The molecule has 1 aliphatic carbocycles. The Morgan fingerprint density at radius 2 is 2.14 bits per heavy atom. The molecule has 2 heterocycles. The van der Waals surface area contributed by atoms with Crippen LogP contribution in [0.25, 0.3) is 11.6 Å². The van der Waals surface area contributed by atoms with E-state index in [-0.39, 0.29) is 24.1 Å². The fraction of sp³-hybridized carbons (Fsp3) is 0.250. The number of halogens is 1. The van der Waals surface area contributed by atoms with Gasteiger partial charge in [0.05, 0.1) is 12.8 Å². The van der Waals surface area contributed by atoms with Crippen LogP contribution in [0.15, 0.2) is 51.9 Å². The molecule has 4 rings (SSSR count). The van der Waals surface area contributed by atoms with Crippen LogP contribution in [0.3, 0.4) is 0 Å². The first-order valence-corrected chi connectivity index (χ1v) is 7.20. The lowest BCUT2D eigenvalue weighted by molar-refractivity contribution is 0.568. The van der Waals surface area contributed by atoms with Crippen molar-refractivity contribution >= 4 is 0 Å². The summed E-state index contributed by atoms with van der Waals surface area (Å²) in [5.41, 5.74) is 0.520. The quantitative estimate of drug-likeness (QED) is 0.744. The highest BCUT2D eigenvalue weighted by atomic mass is 19.1. The summed E-state index contributed by atoms with van der Waals surface area (Å²) in [6.45, 7) is 0.240. The zero-order valence-corrected chi connectivity index (χ0v) is 11.8. The maximum atomic E-state index is 13.3. The average Bonchev–Trinajstić information content (AvgIpc) is 3.08. The largest absolute Gasteiger partial charge is 0.461 e. The maximum Gasteiger partial charge on any atom is 0.346 e. The van der Waals surface area contributed by atoms with Gasteiger partial charge in [0.2, 0.25) is 5.82 Å². The van der Waals surface area contributed by atoms with Gasteiger partial charge in [0.1, 0.15) is 5.82 Å². The summed E-state index contributed by atoms with van der Waals surface area (Å²) in [7, 11) is 0. The van der Waals surface area contributed by atoms with Crippen LogP contribution in [0, 0.1) is 5.82 Å². The average molecular weight is 299 g/mol. The third-order valence-electron chi connectivity index (χ3n) is 3.75. The number of nitrogens with zero attached hydrogens (tertiary/aromatic N) is 3. The van der Waals surface area contributed by atoms with E-state index in [0.717, 1.165) is 12.8 Å². The van der Waals surface area contributed by atoms with E-state index in [9.17, 15) is 9.18 Å². The molecule has 5 nitrogen and oxygen atoms in total. The van der Waals surface area contributed by atoms with Gasteiger partial charge < -0.3 is 4.42 Å². The number of aromatic nitrogens is 3. The molecule has 1 fully saturated rings.